The Morgan fingerprint density at radius 2 is 1.61 bits per heavy atom. The second-order valence-electron chi connectivity index (χ2n) is 7.87. The molecular weight excluding hydrogens is 350 g/mol. The largest absolute Gasteiger partial charge is 0.507 e. The van der Waals surface area contributed by atoms with Crippen molar-refractivity contribution in [2.75, 3.05) is 0 Å². The minimum Gasteiger partial charge on any atom is -0.507 e. The summed E-state index contributed by atoms with van der Waals surface area (Å²) in [5, 5.41) is 11.1. The standard InChI is InChI=1S/C24H25NO3/c1-15-11-13-17(14-12-15)22(26)20-21(19-10-6-3-7-16(19)2)25(24(28)23(20)27)18-8-4-5-9-18/h3,6-7,10-14,18,21,26H,4-5,8-9H2,1-2H3/b22-20-. The normalized spacial score (nSPS) is 22.2. The van der Waals surface area contributed by atoms with Gasteiger partial charge in [0.2, 0.25) is 0 Å². The van der Waals surface area contributed by atoms with Crippen LogP contribution in [0.2, 0.25) is 0 Å². The van der Waals surface area contributed by atoms with E-state index in [2.05, 4.69) is 0 Å². The number of Topliss-reactive ketones (excluding diaryl/α,β-unsaturated/α-hetero) is 1. The summed E-state index contributed by atoms with van der Waals surface area (Å²) >= 11 is 0. The first-order valence-corrected chi connectivity index (χ1v) is 9.91. The number of hydrogen-bond acceptors (Lipinski definition) is 3. The van der Waals surface area contributed by atoms with Crippen LogP contribution in [0.15, 0.2) is 54.1 Å². The van der Waals surface area contributed by atoms with Crippen molar-refractivity contribution in [2.45, 2.75) is 51.6 Å². The van der Waals surface area contributed by atoms with Crippen LogP contribution in [0.1, 0.15) is 54.0 Å². The van der Waals surface area contributed by atoms with Crippen molar-refractivity contribution in [3.05, 3.63) is 76.4 Å². The first-order valence-electron chi connectivity index (χ1n) is 9.91. The van der Waals surface area contributed by atoms with E-state index < -0.39 is 17.7 Å². The van der Waals surface area contributed by atoms with Crippen LogP contribution < -0.4 is 0 Å². The van der Waals surface area contributed by atoms with E-state index in [1.807, 2.05) is 50.2 Å². The molecule has 144 valence electrons. The molecule has 1 heterocycles. The monoisotopic (exact) mass is 375 g/mol. The number of ketones is 1. The molecule has 1 saturated carbocycles. The van der Waals surface area contributed by atoms with Gasteiger partial charge in [0.25, 0.3) is 11.7 Å². The minimum absolute atomic E-state index is 0.0457. The number of benzene rings is 2. The SMILES string of the molecule is Cc1ccc(/C(O)=C2/C(=O)C(=O)N(C3CCCC3)C2c2ccccc2C)cc1. The lowest BCUT2D eigenvalue weighted by atomic mass is 9.92. The summed E-state index contributed by atoms with van der Waals surface area (Å²) in [5.74, 6) is -1.17. The van der Waals surface area contributed by atoms with Crippen molar-refractivity contribution in [3.63, 3.8) is 0 Å². The molecule has 4 heteroatoms. The van der Waals surface area contributed by atoms with E-state index in [1.165, 1.54) is 0 Å². The van der Waals surface area contributed by atoms with E-state index in [4.69, 9.17) is 0 Å². The molecule has 28 heavy (non-hydrogen) atoms. The van der Waals surface area contributed by atoms with Crippen LogP contribution in [0.4, 0.5) is 0 Å². The summed E-state index contributed by atoms with van der Waals surface area (Å²) in [4.78, 5) is 27.8. The van der Waals surface area contributed by atoms with E-state index in [1.54, 1.807) is 17.0 Å². The highest BCUT2D eigenvalue weighted by Crippen LogP contribution is 2.44. The van der Waals surface area contributed by atoms with Crippen LogP contribution in [0.3, 0.4) is 0 Å². The van der Waals surface area contributed by atoms with Crippen molar-refractivity contribution < 1.29 is 14.7 Å². The van der Waals surface area contributed by atoms with Gasteiger partial charge in [0.05, 0.1) is 11.6 Å². The van der Waals surface area contributed by atoms with Gasteiger partial charge < -0.3 is 10.0 Å². The molecule has 2 aromatic carbocycles. The number of aliphatic hydroxyl groups excluding tert-OH is 1. The van der Waals surface area contributed by atoms with Crippen molar-refractivity contribution >= 4 is 17.4 Å². The number of likely N-dealkylation sites (tertiary alicyclic amines) is 1. The Kier molecular flexibility index (Phi) is 4.80. The van der Waals surface area contributed by atoms with Crippen LogP contribution in [0, 0.1) is 13.8 Å². The molecule has 1 aliphatic carbocycles. The first kappa shape index (κ1) is 18.5. The lowest BCUT2D eigenvalue weighted by Gasteiger charge is -2.31. The average Bonchev–Trinajstić information content (AvgIpc) is 3.30. The second-order valence-corrected chi connectivity index (χ2v) is 7.87. The Morgan fingerprint density at radius 1 is 0.964 bits per heavy atom. The van der Waals surface area contributed by atoms with Gasteiger partial charge in [-0.1, -0.05) is 66.9 Å². The lowest BCUT2D eigenvalue weighted by molar-refractivity contribution is -0.141. The van der Waals surface area contributed by atoms with Gasteiger partial charge in [-0.2, -0.15) is 0 Å². The van der Waals surface area contributed by atoms with Gasteiger partial charge in [-0.25, -0.2) is 0 Å². The highest BCUT2D eigenvalue weighted by atomic mass is 16.3. The molecule has 2 fully saturated rings. The van der Waals surface area contributed by atoms with E-state index in [-0.39, 0.29) is 17.4 Å². The van der Waals surface area contributed by atoms with Gasteiger partial charge in [-0.05, 0) is 37.8 Å². The van der Waals surface area contributed by atoms with Crippen LogP contribution in [-0.2, 0) is 9.59 Å². The second kappa shape index (κ2) is 7.27. The topological polar surface area (TPSA) is 57.6 Å². The Bertz CT molecular complexity index is 952. The van der Waals surface area contributed by atoms with Crippen molar-refractivity contribution in [1.29, 1.82) is 0 Å². The highest BCUT2D eigenvalue weighted by Gasteiger charge is 2.49. The maximum absolute atomic E-state index is 13.0. The van der Waals surface area contributed by atoms with Crippen LogP contribution in [0.5, 0.6) is 0 Å². The van der Waals surface area contributed by atoms with Gasteiger partial charge >= 0.3 is 0 Å². The number of nitrogens with zero attached hydrogens (tertiary/aromatic N) is 1. The van der Waals surface area contributed by atoms with E-state index >= 15 is 0 Å². The molecule has 4 nitrogen and oxygen atoms in total. The molecule has 1 amide bonds. The number of amides is 1. The van der Waals surface area contributed by atoms with Gasteiger partial charge in [0.15, 0.2) is 0 Å². The average molecular weight is 375 g/mol. The molecule has 0 spiro atoms. The van der Waals surface area contributed by atoms with Gasteiger partial charge in [-0.15, -0.1) is 0 Å². The number of hydrogen-bond donors (Lipinski definition) is 1. The smallest absolute Gasteiger partial charge is 0.295 e. The summed E-state index contributed by atoms with van der Waals surface area (Å²) in [6, 6.07) is 14.7. The number of carbonyl (C=O) groups is 2. The number of aliphatic hydroxyl groups is 1. The Labute approximate surface area is 165 Å². The van der Waals surface area contributed by atoms with Crippen molar-refractivity contribution in [2.24, 2.45) is 0 Å². The van der Waals surface area contributed by atoms with Crippen LogP contribution in [-0.4, -0.2) is 27.7 Å². The molecule has 2 aliphatic rings. The van der Waals surface area contributed by atoms with Crippen molar-refractivity contribution in [1.82, 2.24) is 4.90 Å². The summed E-state index contributed by atoms with van der Waals surface area (Å²) < 4.78 is 0. The fraction of sp³-hybridized carbons (Fsp3) is 0.333. The molecule has 1 unspecified atom stereocenters. The lowest BCUT2D eigenvalue weighted by Crippen LogP contribution is -2.37. The summed E-state index contributed by atoms with van der Waals surface area (Å²) in [6.07, 6.45) is 3.93. The van der Waals surface area contributed by atoms with Gasteiger partial charge in [-0.3, -0.25) is 9.59 Å². The number of aryl methyl sites for hydroxylation is 2. The zero-order valence-corrected chi connectivity index (χ0v) is 16.3. The van der Waals surface area contributed by atoms with Crippen LogP contribution in [0.25, 0.3) is 5.76 Å². The first-order chi connectivity index (χ1) is 13.5. The highest BCUT2D eigenvalue weighted by molar-refractivity contribution is 6.46. The fourth-order valence-electron chi connectivity index (χ4n) is 4.47. The molecular formula is C24H25NO3. The number of carbonyl (C=O) groups excluding carboxylic acids is 2. The fourth-order valence-corrected chi connectivity index (χ4v) is 4.47. The quantitative estimate of drug-likeness (QED) is 0.482. The Morgan fingerprint density at radius 3 is 2.25 bits per heavy atom. The third-order valence-electron chi connectivity index (χ3n) is 6.01. The summed E-state index contributed by atoms with van der Waals surface area (Å²) in [5.41, 5.74) is 3.75. The Balaban J connectivity index is 1.91. The zero-order chi connectivity index (χ0) is 19.8. The van der Waals surface area contributed by atoms with Crippen molar-refractivity contribution in [3.8, 4) is 0 Å². The molecule has 0 bridgehead atoms. The predicted molar refractivity (Wildman–Crippen MR) is 109 cm³/mol. The molecule has 4 rings (SSSR count). The van der Waals surface area contributed by atoms with E-state index in [0.717, 1.165) is 42.4 Å². The van der Waals surface area contributed by atoms with Gasteiger partial charge in [0.1, 0.15) is 5.76 Å². The molecule has 1 saturated heterocycles. The Hall–Kier alpha value is -2.88. The third kappa shape index (κ3) is 3.03. The molecule has 1 aliphatic heterocycles. The van der Waals surface area contributed by atoms with Crippen LogP contribution >= 0.6 is 0 Å². The third-order valence-corrected chi connectivity index (χ3v) is 6.01. The minimum atomic E-state index is -0.585. The zero-order valence-electron chi connectivity index (χ0n) is 16.3. The van der Waals surface area contributed by atoms with E-state index in [0.29, 0.717) is 5.56 Å². The maximum atomic E-state index is 13.0. The predicted octanol–water partition coefficient (Wildman–Crippen LogP) is 4.67. The van der Waals surface area contributed by atoms with E-state index in [9.17, 15) is 14.7 Å². The molecule has 2 aromatic rings. The summed E-state index contributed by atoms with van der Waals surface area (Å²) in [7, 11) is 0. The molecule has 0 radical (unpaired) electrons. The molecule has 1 atom stereocenters. The number of rotatable bonds is 3. The molecule has 1 N–H and O–H groups in total. The molecule has 0 aromatic heterocycles. The van der Waals surface area contributed by atoms with Gasteiger partial charge in [0, 0.05) is 11.6 Å². The maximum Gasteiger partial charge on any atom is 0.295 e. The summed E-state index contributed by atoms with van der Waals surface area (Å²) in [6.45, 7) is 3.95.